The minimum absolute atomic E-state index is 0.0573. The Morgan fingerprint density at radius 1 is 1.06 bits per heavy atom. The number of aryl methyl sites for hydroxylation is 1. The molecular formula is C26H18Cl2N4O3. The van der Waals surface area contributed by atoms with E-state index in [1.807, 2.05) is 47.9 Å². The summed E-state index contributed by atoms with van der Waals surface area (Å²) in [5.41, 5.74) is 4.06. The SMILES string of the molecule is Cc1cc(-c2ccc(C=Nc3c(-c4ccc(Cl)cc4Cl)nc4ccccn34)o2)c(C)c([N+](=O)[O-])c1. The zero-order valence-electron chi connectivity index (χ0n) is 18.7. The molecule has 5 rings (SSSR count). The maximum absolute atomic E-state index is 11.4. The molecule has 0 aliphatic heterocycles. The molecule has 9 heteroatoms. The fraction of sp³-hybridized carbons (Fsp3) is 0.0769. The predicted molar refractivity (Wildman–Crippen MR) is 138 cm³/mol. The van der Waals surface area contributed by atoms with E-state index < -0.39 is 0 Å². The van der Waals surface area contributed by atoms with Gasteiger partial charge in [-0.1, -0.05) is 29.3 Å². The highest BCUT2D eigenvalue weighted by molar-refractivity contribution is 6.36. The average Bonchev–Trinajstić information content (AvgIpc) is 3.43. The molecule has 7 nitrogen and oxygen atoms in total. The third-order valence-corrected chi connectivity index (χ3v) is 6.17. The van der Waals surface area contributed by atoms with E-state index >= 15 is 0 Å². The molecule has 35 heavy (non-hydrogen) atoms. The van der Waals surface area contributed by atoms with Crippen molar-refractivity contribution in [1.29, 1.82) is 0 Å². The Kier molecular flexibility index (Phi) is 5.88. The number of nitro groups is 1. The van der Waals surface area contributed by atoms with Crippen molar-refractivity contribution in [3.8, 4) is 22.6 Å². The second-order valence-corrected chi connectivity index (χ2v) is 8.85. The first-order chi connectivity index (χ1) is 16.8. The highest BCUT2D eigenvalue weighted by Gasteiger charge is 2.19. The Morgan fingerprint density at radius 2 is 1.89 bits per heavy atom. The summed E-state index contributed by atoms with van der Waals surface area (Å²) in [6, 6.07) is 17.9. The number of imidazole rings is 1. The van der Waals surface area contributed by atoms with Crippen molar-refractivity contribution in [2.75, 3.05) is 0 Å². The minimum atomic E-state index is -0.384. The number of aliphatic imine (C=N–C) groups is 1. The molecule has 2 aromatic carbocycles. The van der Waals surface area contributed by atoms with Gasteiger partial charge in [0.2, 0.25) is 0 Å². The smallest absolute Gasteiger partial charge is 0.273 e. The lowest BCUT2D eigenvalue weighted by Crippen LogP contribution is -1.95. The van der Waals surface area contributed by atoms with E-state index in [1.54, 1.807) is 43.5 Å². The van der Waals surface area contributed by atoms with Gasteiger partial charge in [0.15, 0.2) is 5.82 Å². The summed E-state index contributed by atoms with van der Waals surface area (Å²) in [6.45, 7) is 3.53. The molecule has 5 aromatic rings. The van der Waals surface area contributed by atoms with Crippen LogP contribution in [-0.2, 0) is 0 Å². The van der Waals surface area contributed by atoms with Crippen LogP contribution in [0.3, 0.4) is 0 Å². The van der Waals surface area contributed by atoms with Crippen LogP contribution in [0.15, 0.2) is 76.3 Å². The van der Waals surface area contributed by atoms with Gasteiger partial charge in [0.1, 0.15) is 22.9 Å². The predicted octanol–water partition coefficient (Wildman–Crippen LogP) is 7.84. The highest BCUT2D eigenvalue weighted by atomic mass is 35.5. The van der Waals surface area contributed by atoms with Crippen LogP contribution in [0.5, 0.6) is 0 Å². The van der Waals surface area contributed by atoms with Gasteiger partial charge in [-0.15, -0.1) is 0 Å². The molecule has 3 aromatic heterocycles. The van der Waals surface area contributed by atoms with E-state index in [4.69, 9.17) is 32.6 Å². The van der Waals surface area contributed by atoms with Gasteiger partial charge in [-0.05, 0) is 67.9 Å². The number of halogens is 2. The van der Waals surface area contributed by atoms with E-state index in [0.717, 1.165) is 5.56 Å². The summed E-state index contributed by atoms with van der Waals surface area (Å²) in [7, 11) is 0. The van der Waals surface area contributed by atoms with Gasteiger partial charge in [0.25, 0.3) is 5.69 Å². The molecule has 0 bridgehead atoms. The van der Waals surface area contributed by atoms with Crippen molar-refractivity contribution in [2.24, 2.45) is 4.99 Å². The maximum atomic E-state index is 11.4. The standard InChI is InChI=1S/C26H18Cl2N4O3/c1-15-11-20(16(2)22(12-15)32(33)34)23-9-7-18(35-23)14-29-26-25(19-8-6-17(27)13-21(19)28)30-24-5-3-4-10-31(24)26/h3-14H,1-2H3. The van der Waals surface area contributed by atoms with Crippen molar-refractivity contribution in [3.63, 3.8) is 0 Å². The number of hydrogen-bond donors (Lipinski definition) is 0. The van der Waals surface area contributed by atoms with E-state index in [1.165, 1.54) is 0 Å². The third-order valence-electron chi connectivity index (χ3n) is 5.62. The first-order valence-corrected chi connectivity index (χ1v) is 11.4. The van der Waals surface area contributed by atoms with Gasteiger partial charge in [-0.3, -0.25) is 14.5 Å². The summed E-state index contributed by atoms with van der Waals surface area (Å²) >= 11 is 12.5. The Morgan fingerprint density at radius 3 is 2.66 bits per heavy atom. The van der Waals surface area contributed by atoms with E-state index in [9.17, 15) is 10.1 Å². The van der Waals surface area contributed by atoms with Crippen LogP contribution in [0.2, 0.25) is 10.0 Å². The number of hydrogen-bond acceptors (Lipinski definition) is 5. The van der Waals surface area contributed by atoms with E-state index in [2.05, 4.69) is 4.99 Å². The number of nitro benzene ring substituents is 1. The molecule has 174 valence electrons. The van der Waals surface area contributed by atoms with E-state index in [0.29, 0.717) is 55.4 Å². The number of pyridine rings is 1. The van der Waals surface area contributed by atoms with Crippen LogP contribution in [0.25, 0.3) is 28.2 Å². The molecule has 0 radical (unpaired) electrons. The molecule has 0 N–H and O–H groups in total. The number of fused-ring (bicyclic) bond motifs is 1. The Balaban J connectivity index is 1.57. The minimum Gasteiger partial charge on any atom is -0.455 e. The van der Waals surface area contributed by atoms with Crippen LogP contribution >= 0.6 is 23.2 Å². The average molecular weight is 505 g/mol. The quantitative estimate of drug-likeness (QED) is 0.138. The maximum Gasteiger partial charge on any atom is 0.273 e. The molecular weight excluding hydrogens is 487 g/mol. The second kappa shape index (κ2) is 9.02. The van der Waals surface area contributed by atoms with Crippen molar-refractivity contribution < 1.29 is 9.34 Å². The van der Waals surface area contributed by atoms with Gasteiger partial charge >= 0.3 is 0 Å². The molecule has 0 saturated carbocycles. The highest BCUT2D eigenvalue weighted by Crippen LogP contribution is 2.37. The molecule has 0 fully saturated rings. The van der Waals surface area contributed by atoms with Gasteiger partial charge in [0, 0.05) is 34.0 Å². The summed E-state index contributed by atoms with van der Waals surface area (Å²) in [5, 5.41) is 12.4. The Bertz CT molecular complexity index is 1640. The lowest BCUT2D eigenvalue weighted by molar-refractivity contribution is -0.385. The van der Waals surface area contributed by atoms with Crippen molar-refractivity contribution >= 4 is 46.6 Å². The number of benzene rings is 2. The summed E-state index contributed by atoms with van der Waals surface area (Å²) < 4.78 is 7.85. The fourth-order valence-electron chi connectivity index (χ4n) is 3.95. The zero-order chi connectivity index (χ0) is 24.7. The van der Waals surface area contributed by atoms with Crippen molar-refractivity contribution in [3.05, 3.63) is 104 Å². The lowest BCUT2D eigenvalue weighted by Gasteiger charge is -2.05. The van der Waals surface area contributed by atoms with Crippen LogP contribution in [0, 0.1) is 24.0 Å². The van der Waals surface area contributed by atoms with Crippen LogP contribution in [-0.4, -0.2) is 20.5 Å². The largest absolute Gasteiger partial charge is 0.455 e. The van der Waals surface area contributed by atoms with Gasteiger partial charge < -0.3 is 4.42 Å². The normalized spacial score (nSPS) is 11.5. The molecule has 0 amide bonds. The zero-order valence-corrected chi connectivity index (χ0v) is 20.2. The third kappa shape index (κ3) is 4.32. The fourth-order valence-corrected chi connectivity index (χ4v) is 4.44. The molecule has 0 unspecified atom stereocenters. The first-order valence-electron chi connectivity index (χ1n) is 10.6. The Hall–Kier alpha value is -3.94. The Labute approximate surface area is 210 Å². The molecule has 0 aliphatic carbocycles. The summed E-state index contributed by atoms with van der Waals surface area (Å²) in [6.07, 6.45) is 3.46. The monoisotopic (exact) mass is 504 g/mol. The number of nitrogens with zero attached hydrogens (tertiary/aromatic N) is 4. The van der Waals surface area contributed by atoms with Crippen LogP contribution < -0.4 is 0 Å². The van der Waals surface area contributed by atoms with Gasteiger partial charge in [-0.25, -0.2) is 9.98 Å². The number of aromatic nitrogens is 2. The summed E-state index contributed by atoms with van der Waals surface area (Å²) in [5.74, 6) is 1.59. The summed E-state index contributed by atoms with van der Waals surface area (Å²) in [4.78, 5) is 20.4. The molecule has 0 spiro atoms. The lowest BCUT2D eigenvalue weighted by atomic mass is 10.0. The van der Waals surface area contributed by atoms with E-state index in [-0.39, 0.29) is 10.6 Å². The number of furan rings is 1. The molecule has 3 heterocycles. The van der Waals surface area contributed by atoms with Gasteiger partial charge in [-0.2, -0.15) is 0 Å². The first kappa shape index (κ1) is 22.8. The van der Waals surface area contributed by atoms with Gasteiger partial charge in [0.05, 0.1) is 16.2 Å². The van der Waals surface area contributed by atoms with Crippen molar-refractivity contribution in [2.45, 2.75) is 13.8 Å². The van der Waals surface area contributed by atoms with Crippen LogP contribution in [0.1, 0.15) is 16.9 Å². The van der Waals surface area contributed by atoms with Crippen LogP contribution in [0.4, 0.5) is 11.5 Å². The molecule has 0 saturated heterocycles. The topological polar surface area (TPSA) is 85.9 Å². The second-order valence-electron chi connectivity index (χ2n) is 8.01. The molecule has 0 atom stereocenters. The number of rotatable bonds is 5. The van der Waals surface area contributed by atoms with Crippen molar-refractivity contribution in [1.82, 2.24) is 9.38 Å². The molecule has 0 aliphatic rings.